The average molecular weight is 243 g/mol. The van der Waals surface area contributed by atoms with Gasteiger partial charge in [0.1, 0.15) is 5.75 Å². The summed E-state index contributed by atoms with van der Waals surface area (Å²) >= 11 is 0. The van der Waals surface area contributed by atoms with E-state index in [4.69, 9.17) is 4.74 Å². The lowest BCUT2D eigenvalue weighted by molar-refractivity contribution is 0.0950. The molecule has 0 radical (unpaired) electrons. The van der Waals surface area contributed by atoms with Crippen LogP contribution in [0.5, 0.6) is 5.75 Å². The van der Waals surface area contributed by atoms with Gasteiger partial charge in [0.05, 0.1) is 25.5 Å². The molecule has 0 bridgehead atoms. The molecule has 5 nitrogen and oxygen atoms in total. The van der Waals surface area contributed by atoms with Gasteiger partial charge in [0.25, 0.3) is 5.91 Å². The number of amides is 1. The fourth-order valence-corrected chi connectivity index (χ4v) is 1.46. The Balaban J connectivity index is 1.99. The fraction of sp³-hybridized carbons (Fsp3) is 0.154. The highest BCUT2D eigenvalue weighted by Gasteiger charge is 2.06. The van der Waals surface area contributed by atoms with Crippen LogP contribution in [0, 0.1) is 0 Å². The van der Waals surface area contributed by atoms with E-state index in [1.54, 1.807) is 50.0 Å². The van der Waals surface area contributed by atoms with Gasteiger partial charge in [-0.1, -0.05) is 6.07 Å². The molecule has 0 aliphatic rings. The Morgan fingerprint density at radius 1 is 1.39 bits per heavy atom. The first-order chi connectivity index (χ1) is 8.79. The molecule has 0 aliphatic heterocycles. The largest absolute Gasteiger partial charge is 0.497 e. The Morgan fingerprint density at radius 2 is 2.28 bits per heavy atom. The van der Waals surface area contributed by atoms with Crippen LogP contribution in [-0.4, -0.2) is 23.0 Å². The van der Waals surface area contributed by atoms with E-state index in [1.807, 2.05) is 0 Å². The molecule has 5 heteroatoms. The maximum atomic E-state index is 11.9. The number of nitrogens with zero attached hydrogens (tertiary/aromatic N) is 2. The summed E-state index contributed by atoms with van der Waals surface area (Å²) in [6.45, 7) is 0.351. The first kappa shape index (κ1) is 12.0. The number of carbonyl (C=O) groups is 1. The lowest BCUT2D eigenvalue weighted by atomic mass is 10.2. The van der Waals surface area contributed by atoms with E-state index in [-0.39, 0.29) is 5.91 Å². The van der Waals surface area contributed by atoms with Crippen LogP contribution in [0.15, 0.2) is 42.9 Å². The third-order valence-corrected chi connectivity index (χ3v) is 2.38. The summed E-state index contributed by atoms with van der Waals surface area (Å²) in [4.78, 5) is 19.9. The van der Waals surface area contributed by atoms with Crippen LogP contribution in [0.2, 0.25) is 0 Å². The van der Waals surface area contributed by atoms with Crippen LogP contribution >= 0.6 is 0 Å². The molecule has 0 atom stereocenters. The van der Waals surface area contributed by atoms with Crippen molar-refractivity contribution < 1.29 is 9.53 Å². The van der Waals surface area contributed by atoms with E-state index < -0.39 is 0 Å². The fourth-order valence-electron chi connectivity index (χ4n) is 1.46. The van der Waals surface area contributed by atoms with Gasteiger partial charge in [-0.15, -0.1) is 0 Å². The van der Waals surface area contributed by atoms with Crippen LogP contribution in [0.4, 0.5) is 0 Å². The Hall–Kier alpha value is -2.43. The molecule has 0 unspecified atom stereocenters. The van der Waals surface area contributed by atoms with Crippen LogP contribution < -0.4 is 10.1 Å². The number of benzene rings is 1. The van der Waals surface area contributed by atoms with Gasteiger partial charge in [-0.25, -0.2) is 0 Å². The highest BCUT2D eigenvalue weighted by molar-refractivity contribution is 5.94. The molecule has 0 saturated carbocycles. The molecular weight excluding hydrogens is 230 g/mol. The topological polar surface area (TPSA) is 64.1 Å². The van der Waals surface area contributed by atoms with Gasteiger partial charge in [-0.2, -0.15) is 0 Å². The minimum absolute atomic E-state index is 0.167. The highest BCUT2D eigenvalue weighted by atomic mass is 16.5. The number of hydrogen-bond donors (Lipinski definition) is 1. The number of methoxy groups -OCH3 is 1. The quantitative estimate of drug-likeness (QED) is 0.882. The second-order valence-electron chi connectivity index (χ2n) is 3.61. The Morgan fingerprint density at radius 3 is 3.00 bits per heavy atom. The summed E-state index contributed by atoms with van der Waals surface area (Å²) in [6, 6.07) is 6.98. The van der Waals surface area contributed by atoms with Crippen molar-refractivity contribution in [2.75, 3.05) is 7.11 Å². The number of carbonyl (C=O) groups excluding carboxylic acids is 1. The summed E-state index contributed by atoms with van der Waals surface area (Å²) < 4.78 is 5.07. The molecule has 92 valence electrons. The molecule has 0 saturated heterocycles. The SMILES string of the molecule is COc1cccc(C(=O)NCc2cnccn2)c1. The Bertz CT molecular complexity index is 529. The molecule has 1 heterocycles. The molecule has 18 heavy (non-hydrogen) atoms. The zero-order valence-corrected chi connectivity index (χ0v) is 9.96. The first-order valence-electron chi connectivity index (χ1n) is 5.47. The Labute approximate surface area is 105 Å². The van der Waals surface area contributed by atoms with E-state index in [0.717, 1.165) is 0 Å². The van der Waals surface area contributed by atoms with Gasteiger partial charge in [0, 0.05) is 18.0 Å². The molecule has 0 aliphatic carbocycles. The lowest BCUT2D eigenvalue weighted by Gasteiger charge is -2.06. The zero-order chi connectivity index (χ0) is 12.8. The molecule has 0 spiro atoms. The van der Waals surface area contributed by atoms with E-state index in [0.29, 0.717) is 23.6 Å². The van der Waals surface area contributed by atoms with Gasteiger partial charge in [-0.3, -0.25) is 14.8 Å². The molecule has 1 aromatic carbocycles. The smallest absolute Gasteiger partial charge is 0.251 e. The van der Waals surface area contributed by atoms with Crippen molar-refractivity contribution in [3.05, 3.63) is 54.1 Å². The third-order valence-electron chi connectivity index (χ3n) is 2.38. The number of ether oxygens (including phenoxy) is 1. The van der Waals surface area contributed by atoms with Crippen molar-refractivity contribution in [3.8, 4) is 5.75 Å². The van der Waals surface area contributed by atoms with Crippen molar-refractivity contribution in [1.82, 2.24) is 15.3 Å². The molecular formula is C13H13N3O2. The van der Waals surface area contributed by atoms with Gasteiger partial charge < -0.3 is 10.1 Å². The average Bonchev–Trinajstić information content (AvgIpc) is 2.46. The first-order valence-corrected chi connectivity index (χ1v) is 5.47. The summed E-state index contributed by atoms with van der Waals surface area (Å²) in [6.07, 6.45) is 4.80. The second-order valence-corrected chi connectivity index (χ2v) is 3.61. The summed E-state index contributed by atoms with van der Waals surface area (Å²) in [7, 11) is 1.57. The normalized spacial score (nSPS) is 9.83. The molecule has 1 N–H and O–H groups in total. The van der Waals surface area contributed by atoms with Gasteiger partial charge in [0.15, 0.2) is 0 Å². The van der Waals surface area contributed by atoms with E-state index >= 15 is 0 Å². The number of hydrogen-bond acceptors (Lipinski definition) is 4. The van der Waals surface area contributed by atoms with Crippen molar-refractivity contribution >= 4 is 5.91 Å². The van der Waals surface area contributed by atoms with Crippen LogP contribution in [0.1, 0.15) is 16.1 Å². The predicted octanol–water partition coefficient (Wildman–Crippen LogP) is 1.42. The van der Waals surface area contributed by atoms with E-state index in [9.17, 15) is 4.79 Å². The zero-order valence-electron chi connectivity index (χ0n) is 9.96. The van der Waals surface area contributed by atoms with E-state index in [1.165, 1.54) is 0 Å². The molecule has 0 fully saturated rings. The summed E-state index contributed by atoms with van der Waals surface area (Å²) in [5, 5.41) is 2.77. The van der Waals surface area contributed by atoms with Crippen LogP contribution in [-0.2, 0) is 6.54 Å². The molecule has 2 aromatic rings. The van der Waals surface area contributed by atoms with Gasteiger partial charge >= 0.3 is 0 Å². The molecule has 1 amide bonds. The molecule has 2 rings (SSSR count). The van der Waals surface area contributed by atoms with Crippen molar-refractivity contribution in [3.63, 3.8) is 0 Å². The minimum atomic E-state index is -0.167. The number of rotatable bonds is 4. The van der Waals surface area contributed by atoms with Crippen LogP contribution in [0.3, 0.4) is 0 Å². The number of aromatic nitrogens is 2. The second kappa shape index (κ2) is 5.77. The summed E-state index contributed by atoms with van der Waals surface area (Å²) in [5.74, 6) is 0.488. The molecule has 1 aromatic heterocycles. The highest BCUT2D eigenvalue weighted by Crippen LogP contribution is 2.12. The third kappa shape index (κ3) is 3.04. The Kier molecular flexibility index (Phi) is 3.86. The number of nitrogens with one attached hydrogen (secondary N) is 1. The van der Waals surface area contributed by atoms with Crippen molar-refractivity contribution in [2.45, 2.75) is 6.54 Å². The lowest BCUT2D eigenvalue weighted by Crippen LogP contribution is -2.23. The van der Waals surface area contributed by atoms with Crippen molar-refractivity contribution in [2.24, 2.45) is 0 Å². The van der Waals surface area contributed by atoms with Gasteiger partial charge in [-0.05, 0) is 18.2 Å². The van der Waals surface area contributed by atoms with Crippen molar-refractivity contribution in [1.29, 1.82) is 0 Å². The maximum Gasteiger partial charge on any atom is 0.251 e. The monoisotopic (exact) mass is 243 g/mol. The van der Waals surface area contributed by atoms with Gasteiger partial charge in [0.2, 0.25) is 0 Å². The predicted molar refractivity (Wildman–Crippen MR) is 66.2 cm³/mol. The minimum Gasteiger partial charge on any atom is -0.497 e. The van der Waals surface area contributed by atoms with E-state index in [2.05, 4.69) is 15.3 Å². The summed E-state index contributed by atoms with van der Waals surface area (Å²) in [5.41, 5.74) is 1.27. The maximum absolute atomic E-state index is 11.9. The van der Waals surface area contributed by atoms with Crippen LogP contribution in [0.25, 0.3) is 0 Å². The standard InChI is InChI=1S/C13H13N3O2/c1-18-12-4-2-3-10(7-12)13(17)16-9-11-8-14-5-6-15-11/h2-8H,9H2,1H3,(H,16,17).